The Morgan fingerprint density at radius 3 is 2.68 bits per heavy atom. The van der Waals surface area contributed by atoms with Crippen LogP contribution in [0, 0.1) is 0 Å². The third kappa shape index (κ3) is 5.91. The van der Waals surface area contributed by atoms with E-state index in [9.17, 15) is 4.79 Å². The summed E-state index contributed by atoms with van der Waals surface area (Å²) in [4.78, 5) is 21.3. The smallest absolute Gasteiger partial charge is 0.259 e. The number of carbonyl (C=O) groups excluding carboxylic acids is 1. The highest BCUT2D eigenvalue weighted by Crippen LogP contribution is 2.29. The summed E-state index contributed by atoms with van der Waals surface area (Å²) in [7, 11) is 1.63. The molecule has 0 fully saturated rings. The Kier molecular flexibility index (Phi) is 7.74. The molecule has 0 aliphatic heterocycles. The van der Waals surface area contributed by atoms with Crippen molar-refractivity contribution < 1.29 is 14.3 Å². The maximum absolute atomic E-state index is 12.9. The van der Waals surface area contributed by atoms with Crippen LogP contribution in [-0.2, 0) is 4.74 Å². The Balaban J connectivity index is 1.50. The molecule has 3 heterocycles. The van der Waals surface area contributed by atoms with Crippen LogP contribution in [-0.4, -0.2) is 46.3 Å². The molecule has 2 N–H and O–H groups in total. The summed E-state index contributed by atoms with van der Waals surface area (Å²) in [6.45, 7) is 2.98. The summed E-state index contributed by atoms with van der Waals surface area (Å²) in [6.07, 6.45) is 4.63. The van der Waals surface area contributed by atoms with Crippen LogP contribution in [0.4, 0.5) is 10.8 Å². The number of anilines is 2. The fourth-order valence-corrected chi connectivity index (χ4v) is 3.84. The first-order valence-electron chi connectivity index (χ1n) is 10.6. The van der Waals surface area contributed by atoms with Gasteiger partial charge in [0.15, 0.2) is 0 Å². The van der Waals surface area contributed by atoms with Crippen LogP contribution in [0.25, 0.3) is 10.6 Å². The third-order valence-corrected chi connectivity index (χ3v) is 5.75. The van der Waals surface area contributed by atoms with Crippen LogP contribution in [0.3, 0.4) is 0 Å². The second-order valence-corrected chi connectivity index (χ2v) is 8.25. The number of hydrogen-bond donors (Lipinski definition) is 2. The third-order valence-electron chi connectivity index (χ3n) is 4.87. The van der Waals surface area contributed by atoms with Crippen LogP contribution in [0.2, 0.25) is 0 Å². The molecule has 0 bridgehead atoms. The van der Waals surface area contributed by atoms with Gasteiger partial charge in [0.05, 0.1) is 17.9 Å². The average Bonchev–Trinajstić information content (AvgIpc) is 3.34. The molecule has 1 atom stereocenters. The fourth-order valence-electron chi connectivity index (χ4n) is 3.10. The SMILES string of the molecule is COCCNc1cc(C(=O)Nc2nnc(-c3ccncc3)s2)cnc1OC(C)c1ccccc1. The molecule has 4 rings (SSSR count). The van der Waals surface area contributed by atoms with Crippen molar-refractivity contribution >= 4 is 28.1 Å². The van der Waals surface area contributed by atoms with Crippen LogP contribution in [0.5, 0.6) is 5.88 Å². The molecular formula is C24H24N6O3S. The predicted octanol–water partition coefficient (Wildman–Crippen LogP) is 4.45. The lowest BCUT2D eigenvalue weighted by Crippen LogP contribution is -2.15. The molecule has 0 aliphatic rings. The monoisotopic (exact) mass is 476 g/mol. The van der Waals surface area contributed by atoms with Gasteiger partial charge in [0.2, 0.25) is 11.0 Å². The second-order valence-electron chi connectivity index (χ2n) is 7.27. The van der Waals surface area contributed by atoms with Gasteiger partial charge in [-0.05, 0) is 30.7 Å². The number of nitrogens with one attached hydrogen (secondary N) is 2. The van der Waals surface area contributed by atoms with E-state index >= 15 is 0 Å². The summed E-state index contributed by atoms with van der Waals surface area (Å²) >= 11 is 1.28. The minimum absolute atomic E-state index is 0.218. The molecule has 174 valence electrons. The van der Waals surface area contributed by atoms with E-state index in [1.807, 2.05) is 49.4 Å². The van der Waals surface area contributed by atoms with Crippen LogP contribution in [0.1, 0.15) is 28.9 Å². The lowest BCUT2D eigenvalue weighted by Gasteiger charge is -2.18. The van der Waals surface area contributed by atoms with E-state index in [2.05, 4.69) is 30.8 Å². The normalized spacial score (nSPS) is 11.6. The maximum Gasteiger partial charge on any atom is 0.259 e. The highest BCUT2D eigenvalue weighted by Gasteiger charge is 2.17. The first kappa shape index (κ1) is 23.3. The van der Waals surface area contributed by atoms with Gasteiger partial charge >= 0.3 is 0 Å². The molecule has 9 nitrogen and oxygen atoms in total. The van der Waals surface area contributed by atoms with Crippen LogP contribution < -0.4 is 15.4 Å². The zero-order valence-electron chi connectivity index (χ0n) is 18.8. The van der Waals surface area contributed by atoms with Crippen molar-refractivity contribution in [2.45, 2.75) is 13.0 Å². The van der Waals surface area contributed by atoms with E-state index in [1.54, 1.807) is 25.6 Å². The number of ether oxygens (including phenoxy) is 2. The number of nitrogens with zero attached hydrogens (tertiary/aromatic N) is 4. The summed E-state index contributed by atoms with van der Waals surface area (Å²) < 4.78 is 11.2. The number of carbonyl (C=O) groups is 1. The largest absolute Gasteiger partial charge is 0.468 e. The molecule has 0 saturated heterocycles. The Hall–Kier alpha value is -3.89. The zero-order chi connectivity index (χ0) is 23.8. The van der Waals surface area contributed by atoms with Gasteiger partial charge in [0.1, 0.15) is 11.1 Å². The number of methoxy groups -OCH3 is 1. The predicted molar refractivity (Wildman–Crippen MR) is 131 cm³/mol. The van der Waals surface area contributed by atoms with Gasteiger partial charge in [-0.3, -0.25) is 15.1 Å². The van der Waals surface area contributed by atoms with Crippen LogP contribution in [0.15, 0.2) is 67.1 Å². The van der Waals surface area contributed by atoms with Crippen molar-refractivity contribution in [3.8, 4) is 16.5 Å². The topological polar surface area (TPSA) is 111 Å². The Morgan fingerprint density at radius 1 is 1.12 bits per heavy atom. The standard InChI is InChI=1S/C24H24N6O3S/c1-16(17-6-4-3-5-7-17)33-22-20(26-12-13-32-2)14-19(15-27-22)21(31)28-24-30-29-23(34-24)18-8-10-25-11-9-18/h3-11,14-16,26H,12-13H2,1-2H3,(H,28,30,31). The van der Waals surface area contributed by atoms with Crippen molar-refractivity contribution in [1.82, 2.24) is 20.2 Å². The van der Waals surface area contributed by atoms with Gasteiger partial charge in [0.25, 0.3) is 5.91 Å². The van der Waals surface area contributed by atoms with E-state index in [0.29, 0.717) is 40.4 Å². The lowest BCUT2D eigenvalue weighted by molar-refractivity contribution is 0.102. The molecule has 4 aromatic rings. The van der Waals surface area contributed by atoms with E-state index in [-0.39, 0.29) is 12.0 Å². The molecular weight excluding hydrogens is 452 g/mol. The molecule has 0 saturated carbocycles. The maximum atomic E-state index is 12.9. The number of amides is 1. The van der Waals surface area contributed by atoms with Crippen molar-refractivity contribution in [3.63, 3.8) is 0 Å². The van der Waals surface area contributed by atoms with Gasteiger partial charge in [0, 0.05) is 37.8 Å². The van der Waals surface area contributed by atoms with Crippen molar-refractivity contribution in [2.75, 3.05) is 30.9 Å². The van der Waals surface area contributed by atoms with E-state index < -0.39 is 0 Å². The van der Waals surface area contributed by atoms with Crippen LogP contribution >= 0.6 is 11.3 Å². The molecule has 3 aromatic heterocycles. The van der Waals surface area contributed by atoms with E-state index in [0.717, 1.165) is 11.1 Å². The Labute approximate surface area is 201 Å². The molecule has 0 aliphatic carbocycles. The number of pyridine rings is 2. The Morgan fingerprint density at radius 2 is 1.91 bits per heavy atom. The molecule has 34 heavy (non-hydrogen) atoms. The lowest BCUT2D eigenvalue weighted by atomic mass is 10.1. The summed E-state index contributed by atoms with van der Waals surface area (Å²) in [5, 5.41) is 15.3. The van der Waals surface area contributed by atoms with Crippen molar-refractivity contribution in [3.05, 3.63) is 78.2 Å². The van der Waals surface area contributed by atoms with E-state index in [1.165, 1.54) is 17.5 Å². The minimum Gasteiger partial charge on any atom is -0.468 e. The molecule has 0 radical (unpaired) electrons. The fraction of sp³-hybridized carbons (Fsp3) is 0.208. The van der Waals surface area contributed by atoms with Gasteiger partial charge in [-0.25, -0.2) is 4.98 Å². The zero-order valence-corrected chi connectivity index (χ0v) is 19.6. The van der Waals surface area contributed by atoms with Gasteiger partial charge in [-0.1, -0.05) is 41.7 Å². The highest BCUT2D eigenvalue weighted by atomic mass is 32.1. The van der Waals surface area contributed by atoms with Crippen molar-refractivity contribution in [2.24, 2.45) is 0 Å². The van der Waals surface area contributed by atoms with Gasteiger partial charge < -0.3 is 14.8 Å². The van der Waals surface area contributed by atoms with Gasteiger partial charge in [-0.15, -0.1) is 10.2 Å². The molecule has 10 heteroatoms. The number of benzene rings is 1. The molecule has 1 aromatic carbocycles. The summed E-state index contributed by atoms with van der Waals surface area (Å²) in [5.41, 5.74) is 2.87. The molecule has 1 amide bonds. The summed E-state index contributed by atoms with van der Waals surface area (Å²) in [6, 6.07) is 15.2. The molecule has 0 spiro atoms. The van der Waals surface area contributed by atoms with Gasteiger partial charge in [-0.2, -0.15) is 0 Å². The number of aromatic nitrogens is 4. The van der Waals surface area contributed by atoms with Crippen molar-refractivity contribution in [1.29, 1.82) is 0 Å². The first-order chi connectivity index (χ1) is 16.6. The average molecular weight is 477 g/mol. The first-order valence-corrected chi connectivity index (χ1v) is 11.5. The highest BCUT2D eigenvalue weighted by molar-refractivity contribution is 7.18. The summed E-state index contributed by atoms with van der Waals surface area (Å²) in [5.74, 6) is 0.0577. The second kappa shape index (κ2) is 11.3. The molecule has 1 unspecified atom stereocenters. The number of hydrogen-bond acceptors (Lipinski definition) is 9. The minimum atomic E-state index is -0.345. The quantitative estimate of drug-likeness (QED) is 0.323. The number of rotatable bonds is 10. The Bertz CT molecular complexity index is 1220. The van der Waals surface area contributed by atoms with E-state index in [4.69, 9.17) is 9.47 Å².